The van der Waals surface area contributed by atoms with Crippen LogP contribution in [0.25, 0.3) is 11.3 Å². The van der Waals surface area contributed by atoms with Gasteiger partial charge in [-0.25, -0.2) is 4.79 Å². The number of hydrogen-bond donors (Lipinski definition) is 2. The summed E-state index contributed by atoms with van der Waals surface area (Å²) in [6.45, 7) is 4.35. The van der Waals surface area contributed by atoms with Crippen LogP contribution >= 0.6 is 0 Å². The lowest BCUT2D eigenvalue weighted by Crippen LogP contribution is -2.31. The summed E-state index contributed by atoms with van der Waals surface area (Å²) in [6, 6.07) is 22.4. The van der Waals surface area contributed by atoms with Gasteiger partial charge in [-0.3, -0.25) is 10.5 Å². The standard InChI is InChI=1S/C32H30N4O5/c1-18(2)14-19-10-12-20(13-11-19)28-27-26(23(17-33)30(34)41-31(27)36-35-28)22-15-24(38-3)29(25(16-22)39-4)40-32(37)21-8-6-5-7-9-21/h5-13,15-16,18,23,26,34H,14H2,1-4H3,(H,35,36). The third-order valence-electron chi connectivity index (χ3n) is 6.97. The maximum absolute atomic E-state index is 12.9. The van der Waals surface area contributed by atoms with E-state index in [-0.39, 0.29) is 29.0 Å². The minimum atomic E-state index is -0.953. The third kappa shape index (κ3) is 5.37. The van der Waals surface area contributed by atoms with Gasteiger partial charge >= 0.3 is 5.97 Å². The minimum absolute atomic E-state index is 0.108. The van der Waals surface area contributed by atoms with Crippen LogP contribution in [0.15, 0.2) is 66.7 Å². The Balaban J connectivity index is 1.60. The Kier molecular flexibility index (Phi) is 7.74. The molecule has 5 rings (SSSR count). The first-order valence-corrected chi connectivity index (χ1v) is 13.2. The molecule has 4 aromatic rings. The average Bonchev–Trinajstić information content (AvgIpc) is 3.40. The lowest BCUT2D eigenvalue weighted by atomic mass is 9.78. The van der Waals surface area contributed by atoms with Crippen molar-refractivity contribution < 1.29 is 23.7 Å². The lowest BCUT2D eigenvalue weighted by Gasteiger charge is -2.29. The van der Waals surface area contributed by atoms with Gasteiger partial charge in [-0.2, -0.15) is 5.26 Å². The van der Waals surface area contributed by atoms with Gasteiger partial charge in [0.25, 0.3) is 0 Å². The van der Waals surface area contributed by atoms with E-state index in [9.17, 15) is 10.1 Å². The zero-order valence-corrected chi connectivity index (χ0v) is 23.2. The summed E-state index contributed by atoms with van der Waals surface area (Å²) in [6.07, 6.45) is 0.960. The zero-order chi connectivity index (χ0) is 29.1. The minimum Gasteiger partial charge on any atom is -0.493 e. The first-order chi connectivity index (χ1) is 19.8. The molecule has 0 bridgehead atoms. The van der Waals surface area contributed by atoms with Crippen molar-refractivity contribution >= 4 is 11.9 Å². The fourth-order valence-corrected chi connectivity index (χ4v) is 5.08. The SMILES string of the molecule is COc1cc(C2c3c(n[nH]c3-c3ccc(CC(C)C)cc3)OC(=N)C2C#N)cc(OC)c1OC(=O)c1ccccc1. The molecule has 208 valence electrons. The van der Waals surface area contributed by atoms with Gasteiger partial charge in [-0.1, -0.05) is 56.3 Å². The Morgan fingerprint density at radius 3 is 2.32 bits per heavy atom. The molecule has 0 aliphatic carbocycles. The number of nitriles is 1. The van der Waals surface area contributed by atoms with Gasteiger partial charge in [-0.15, -0.1) is 5.10 Å². The predicted octanol–water partition coefficient (Wildman–Crippen LogP) is 6.15. The number of ether oxygens (including phenoxy) is 4. The van der Waals surface area contributed by atoms with Gasteiger partial charge in [0.15, 0.2) is 11.5 Å². The number of rotatable bonds is 8. The smallest absolute Gasteiger partial charge is 0.343 e. The van der Waals surface area contributed by atoms with E-state index in [4.69, 9.17) is 24.4 Å². The maximum Gasteiger partial charge on any atom is 0.343 e. The lowest BCUT2D eigenvalue weighted by molar-refractivity contribution is 0.0724. The number of carbonyl (C=O) groups is 1. The number of aromatic nitrogens is 2. The van der Waals surface area contributed by atoms with Crippen LogP contribution < -0.4 is 18.9 Å². The molecule has 0 spiro atoms. The Bertz CT molecular complexity index is 1600. The molecular formula is C32H30N4O5. The van der Waals surface area contributed by atoms with Gasteiger partial charge in [0, 0.05) is 5.92 Å². The summed E-state index contributed by atoms with van der Waals surface area (Å²) >= 11 is 0. The van der Waals surface area contributed by atoms with Crippen LogP contribution in [0.1, 0.15) is 46.8 Å². The molecule has 3 aromatic carbocycles. The molecule has 1 aliphatic heterocycles. The molecular weight excluding hydrogens is 520 g/mol. The number of nitrogens with zero attached hydrogens (tertiary/aromatic N) is 2. The average molecular weight is 551 g/mol. The number of nitrogens with one attached hydrogen (secondary N) is 2. The Morgan fingerprint density at radius 1 is 1.07 bits per heavy atom. The van der Waals surface area contributed by atoms with Crippen LogP contribution in [0.5, 0.6) is 23.1 Å². The van der Waals surface area contributed by atoms with Crippen LogP contribution in [0.3, 0.4) is 0 Å². The van der Waals surface area contributed by atoms with Crippen LogP contribution in [0.2, 0.25) is 0 Å². The highest BCUT2D eigenvalue weighted by Crippen LogP contribution is 2.49. The molecule has 9 nitrogen and oxygen atoms in total. The molecule has 2 unspecified atom stereocenters. The molecule has 1 aromatic heterocycles. The van der Waals surface area contributed by atoms with Crippen molar-refractivity contribution in [1.29, 1.82) is 10.7 Å². The van der Waals surface area contributed by atoms with Gasteiger partial charge in [0.2, 0.25) is 17.5 Å². The molecule has 1 aliphatic rings. The molecule has 0 radical (unpaired) electrons. The number of esters is 1. The molecule has 0 amide bonds. The number of carbonyl (C=O) groups excluding carboxylic acids is 1. The topological polar surface area (TPSA) is 130 Å². The summed E-state index contributed by atoms with van der Waals surface area (Å²) in [5.41, 5.74) is 4.40. The van der Waals surface area contributed by atoms with Crippen molar-refractivity contribution in [3.05, 3.63) is 89.0 Å². The Labute approximate surface area is 238 Å². The summed E-state index contributed by atoms with van der Waals surface area (Å²) in [7, 11) is 2.92. The van der Waals surface area contributed by atoms with Crippen LogP contribution in [-0.2, 0) is 6.42 Å². The molecule has 0 saturated heterocycles. The normalized spacial score (nSPS) is 16.0. The monoisotopic (exact) mass is 550 g/mol. The number of H-pyrrole nitrogens is 1. The van der Waals surface area contributed by atoms with Crippen LogP contribution in [-0.4, -0.2) is 36.3 Å². The van der Waals surface area contributed by atoms with E-state index in [1.165, 1.54) is 19.8 Å². The van der Waals surface area contributed by atoms with Gasteiger partial charge in [0.1, 0.15) is 5.92 Å². The summed E-state index contributed by atoms with van der Waals surface area (Å²) in [4.78, 5) is 12.9. The second-order valence-corrected chi connectivity index (χ2v) is 10.2. The summed E-state index contributed by atoms with van der Waals surface area (Å²) in [5, 5.41) is 26.0. The number of hydrogen-bond acceptors (Lipinski definition) is 8. The molecule has 2 N–H and O–H groups in total. The highest BCUT2D eigenvalue weighted by atomic mass is 16.6. The summed E-state index contributed by atoms with van der Waals surface area (Å²) in [5.74, 6) is -1.05. The molecule has 41 heavy (non-hydrogen) atoms. The van der Waals surface area contributed by atoms with Crippen LogP contribution in [0, 0.1) is 28.6 Å². The largest absolute Gasteiger partial charge is 0.493 e. The van der Waals surface area contributed by atoms with Gasteiger partial charge < -0.3 is 18.9 Å². The second kappa shape index (κ2) is 11.6. The number of aromatic amines is 1. The van der Waals surface area contributed by atoms with E-state index in [1.54, 1.807) is 36.4 Å². The van der Waals surface area contributed by atoms with E-state index in [2.05, 4.69) is 42.2 Å². The van der Waals surface area contributed by atoms with Crippen LogP contribution in [0.4, 0.5) is 0 Å². The molecule has 0 fully saturated rings. The maximum atomic E-state index is 12.9. The van der Waals surface area contributed by atoms with Crippen molar-refractivity contribution in [3.63, 3.8) is 0 Å². The summed E-state index contributed by atoms with van der Waals surface area (Å²) < 4.78 is 22.7. The molecule has 2 heterocycles. The first-order valence-electron chi connectivity index (χ1n) is 13.2. The third-order valence-corrected chi connectivity index (χ3v) is 6.97. The molecule has 9 heteroatoms. The fourth-order valence-electron chi connectivity index (χ4n) is 5.08. The van der Waals surface area contributed by atoms with E-state index in [0.717, 1.165) is 12.0 Å². The van der Waals surface area contributed by atoms with Gasteiger partial charge in [-0.05, 0) is 53.3 Å². The van der Waals surface area contributed by atoms with Crippen molar-refractivity contribution in [2.24, 2.45) is 11.8 Å². The highest BCUT2D eigenvalue weighted by molar-refractivity contribution is 5.92. The van der Waals surface area contributed by atoms with Crippen molar-refractivity contribution in [2.75, 3.05) is 14.2 Å². The quantitative estimate of drug-likeness (QED) is 0.199. The predicted molar refractivity (Wildman–Crippen MR) is 153 cm³/mol. The fraction of sp³-hybridized carbons (Fsp3) is 0.250. The molecule has 2 atom stereocenters. The number of benzene rings is 3. The Morgan fingerprint density at radius 2 is 1.73 bits per heavy atom. The second-order valence-electron chi connectivity index (χ2n) is 10.2. The first kappa shape index (κ1) is 27.5. The van der Waals surface area contributed by atoms with Crippen molar-refractivity contribution in [3.8, 4) is 40.5 Å². The van der Waals surface area contributed by atoms with Crippen molar-refractivity contribution in [2.45, 2.75) is 26.2 Å². The Hall–Kier alpha value is -5.10. The highest BCUT2D eigenvalue weighted by Gasteiger charge is 2.41. The van der Waals surface area contributed by atoms with E-state index in [0.29, 0.717) is 28.3 Å². The number of methoxy groups -OCH3 is 2. The number of fused-ring (bicyclic) bond motifs is 1. The molecule has 0 saturated carbocycles. The zero-order valence-electron chi connectivity index (χ0n) is 23.2. The van der Waals surface area contributed by atoms with E-state index < -0.39 is 17.8 Å². The van der Waals surface area contributed by atoms with E-state index in [1.807, 2.05) is 18.2 Å². The van der Waals surface area contributed by atoms with Crippen molar-refractivity contribution in [1.82, 2.24) is 10.2 Å². The van der Waals surface area contributed by atoms with E-state index >= 15 is 0 Å². The van der Waals surface area contributed by atoms with Gasteiger partial charge in [0.05, 0.1) is 37.1 Å².